The van der Waals surface area contributed by atoms with Gasteiger partial charge in [-0.3, -0.25) is 10.1 Å². The predicted molar refractivity (Wildman–Crippen MR) is 76.1 cm³/mol. The Hall–Kier alpha value is -2.08. The number of aryl methyl sites for hydroxylation is 1. The largest absolute Gasteiger partial charge is 0.442 e. The Morgan fingerprint density at radius 1 is 1.30 bits per heavy atom. The number of non-ortho nitro benzene ring substituents is 1. The van der Waals surface area contributed by atoms with Crippen molar-refractivity contribution in [2.45, 2.75) is 25.7 Å². The van der Waals surface area contributed by atoms with Gasteiger partial charge in [0.05, 0.1) is 4.92 Å². The molecule has 0 saturated heterocycles. The van der Waals surface area contributed by atoms with Gasteiger partial charge >= 0.3 is 0 Å². The summed E-state index contributed by atoms with van der Waals surface area (Å²) in [6.07, 6.45) is 3.93. The third kappa shape index (κ3) is 2.34. The van der Waals surface area contributed by atoms with Crippen molar-refractivity contribution in [1.29, 1.82) is 0 Å². The molecule has 1 heterocycles. The van der Waals surface area contributed by atoms with Gasteiger partial charge in [0, 0.05) is 29.7 Å². The van der Waals surface area contributed by atoms with E-state index in [9.17, 15) is 10.1 Å². The van der Waals surface area contributed by atoms with Crippen LogP contribution in [0.5, 0.6) is 0 Å². The Balaban J connectivity index is 2.11. The number of hydrogen-bond donors (Lipinski definition) is 0. The highest BCUT2D eigenvalue weighted by molar-refractivity contribution is 7.71. The van der Waals surface area contributed by atoms with Gasteiger partial charge in [-0.15, -0.1) is 0 Å². The van der Waals surface area contributed by atoms with E-state index in [0.29, 0.717) is 16.1 Å². The summed E-state index contributed by atoms with van der Waals surface area (Å²) in [7, 11) is 0. The van der Waals surface area contributed by atoms with E-state index in [1.807, 2.05) is 0 Å². The number of aromatic nitrogens is 1. The number of nitrogens with zero attached hydrogens (tertiary/aromatic N) is 2. The lowest BCUT2D eigenvalue weighted by Gasteiger charge is -2.14. The minimum Gasteiger partial charge on any atom is -0.442 e. The van der Waals surface area contributed by atoms with Crippen molar-refractivity contribution in [2.24, 2.45) is 0 Å². The molecule has 6 heteroatoms. The van der Waals surface area contributed by atoms with E-state index in [2.05, 4.69) is 4.98 Å². The second-order valence-electron chi connectivity index (χ2n) is 4.74. The fraction of sp³-hybridized carbons (Fsp3) is 0.286. The summed E-state index contributed by atoms with van der Waals surface area (Å²) in [6, 6.07) is 6.25. The van der Waals surface area contributed by atoms with E-state index in [4.69, 9.17) is 16.6 Å². The number of rotatable bonds is 2. The maximum Gasteiger partial charge on any atom is 0.270 e. The molecule has 0 N–H and O–H groups in total. The Kier molecular flexibility index (Phi) is 3.31. The highest BCUT2D eigenvalue weighted by atomic mass is 32.1. The number of nitro benzene ring substituents is 1. The molecule has 20 heavy (non-hydrogen) atoms. The zero-order chi connectivity index (χ0) is 14.1. The molecule has 0 aliphatic heterocycles. The molecule has 3 rings (SSSR count). The van der Waals surface area contributed by atoms with Crippen LogP contribution in [0, 0.1) is 14.8 Å². The van der Waals surface area contributed by atoms with E-state index in [1.165, 1.54) is 12.1 Å². The lowest BCUT2D eigenvalue weighted by molar-refractivity contribution is -0.384. The third-order valence-electron chi connectivity index (χ3n) is 3.40. The summed E-state index contributed by atoms with van der Waals surface area (Å²) in [5, 5.41) is 10.8. The molecule has 0 bridgehead atoms. The minimum atomic E-state index is -0.434. The summed E-state index contributed by atoms with van der Waals surface area (Å²) in [5.41, 5.74) is 1.61. The first-order chi connectivity index (χ1) is 9.65. The molecule has 0 radical (unpaired) electrons. The van der Waals surface area contributed by atoms with Crippen LogP contribution in [0.3, 0.4) is 0 Å². The molecular weight excluding hydrogens is 276 g/mol. The molecule has 0 amide bonds. The van der Waals surface area contributed by atoms with E-state index < -0.39 is 4.92 Å². The van der Waals surface area contributed by atoms with Crippen LogP contribution in [0.1, 0.15) is 24.2 Å². The molecule has 1 aliphatic carbocycles. The summed E-state index contributed by atoms with van der Waals surface area (Å²) in [5.74, 6) is 1.23. The van der Waals surface area contributed by atoms with Gasteiger partial charge in [0.15, 0.2) is 0 Å². The molecule has 5 nitrogen and oxygen atoms in total. The molecule has 2 aromatic rings. The van der Waals surface area contributed by atoms with Crippen LogP contribution < -0.4 is 0 Å². The standard InChI is InChI=1S/C14H12N2O3S/c17-16(18)10-5-3-4-9(8-10)13-15-14(20)11-6-1-2-7-12(11)19-13/h3-5,8H,1-2,6-7H2. The van der Waals surface area contributed by atoms with Crippen LogP contribution >= 0.6 is 12.2 Å². The van der Waals surface area contributed by atoms with E-state index in [1.54, 1.807) is 12.1 Å². The summed E-state index contributed by atoms with van der Waals surface area (Å²) >= 11 is 5.31. The fourth-order valence-electron chi connectivity index (χ4n) is 2.39. The van der Waals surface area contributed by atoms with Crippen LogP contribution in [0.4, 0.5) is 5.69 Å². The van der Waals surface area contributed by atoms with Gasteiger partial charge in [0.2, 0.25) is 5.89 Å². The molecular formula is C14H12N2O3S. The number of nitro groups is 1. The van der Waals surface area contributed by atoms with Gasteiger partial charge in [-0.1, -0.05) is 18.3 Å². The van der Waals surface area contributed by atoms with Crippen molar-refractivity contribution in [3.05, 3.63) is 50.3 Å². The molecule has 1 aromatic carbocycles. The molecule has 102 valence electrons. The summed E-state index contributed by atoms with van der Waals surface area (Å²) in [6.45, 7) is 0. The van der Waals surface area contributed by atoms with E-state index in [0.717, 1.165) is 37.0 Å². The maximum absolute atomic E-state index is 10.8. The van der Waals surface area contributed by atoms with Crippen molar-refractivity contribution in [3.8, 4) is 11.5 Å². The molecule has 1 aliphatic rings. The van der Waals surface area contributed by atoms with Crippen molar-refractivity contribution >= 4 is 17.9 Å². The third-order valence-corrected chi connectivity index (χ3v) is 3.74. The minimum absolute atomic E-state index is 0.0168. The van der Waals surface area contributed by atoms with Crippen LogP contribution in [-0.4, -0.2) is 9.91 Å². The molecule has 0 fully saturated rings. The fourth-order valence-corrected chi connectivity index (χ4v) is 2.69. The first-order valence-electron chi connectivity index (χ1n) is 6.43. The van der Waals surface area contributed by atoms with Crippen molar-refractivity contribution in [1.82, 2.24) is 4.98 Å². The zero-order valence-electron chi connectivity index (χ0n) is 10.7. The van der Waals surface area contributed by atoms with Gasteiger partial charge in [-0.05, 0) is 25.3 Å². The van der Waals surface area contributed by atoms with Gasteiger partial charge < -0.3 is 4.42 Å². The first-order valence-corrected chi connectivity index (χ1v) is 6.84. The maximum atomic E-state index is 10.8. The first kappa shape index (κ1) is 12.9. The lowest BCUT2D eigenvalue weighted by Crippen LogP contribution is -2.05. The summed E-state index contributed by atoms with van der Waals surface area (Å²) in [4.78, 5) is 14.7. The number of fused-ring (bicyclic) bond motifs is 1. The highest BCUT2D eigenvalue weighted by Crippen LogP contribution is 2.28. The second kappa shape index (κ2) is 5.13. The molecule has 0 saturated carbocycles. The zero-order valence-corrected chi connectivity index (χ0v) is 11.5. The average molecular weight is 288 g/mol. The predicted octanol–water partition coefficient (Wildman–Crippen LogP) is 3.86. The van der Waals surface area contributed by atoms with Crippen molar-refractivity contribution < 1.29 is 9.34 Å². The average Bonchev–Trinajstić information content (AvgIpc) is 2.47. The lowest BCUT2D eigenvalue weighted by atomic mass is 9.98. The topological polar surface area (TPSA) is 69.2 Å². The highest BCUT2D eigenvalue weighted by Gasteiger charge is 2.17. The number of benzene rings is 1. The van der Waals surface area contributed by atoms with Gasteiger partial charge in [-0.25, -0.2) is 4.98 Å². The van der Waals surface area contributed by atoms with E-state index >= 15 is 0 Å². The monoisotopic (exact) mass is 288 g/mol. The quantitative estimate of drug-likeness (QED) is 0.477. The molecule has 0 spiro atoms. The molecule has 1 aromatic heterocycles. The van der Waals surface area contributed by atoms with Gasteiger partial charge in [0.1, 0.15) is 10.4 Å². The molecule has 0 atom stereocenters. The van der Waals surface area contributed by atoms with Crippen molar-refractivity contribution in [2.75, 3.05) is 0 Å². The Morgan fingerprint density at radius 3 is 2.90 bits per heavy atom. The van der Waals surface area contributed by atoms with Crippen molar-refractivity contribution in [3.63, 3.8) is 0 Å². The Labute approximate surface area is 120 Å². The van der Waals surface area contributed by atoms with Crippen LogP contribution in [0.2, 0.25) is 0 Å². The Bertz CT molecular complexity index is 739. The molecule has 0 unspecified atom stereocenters. The smallest absolute Gasteiger partial charge is 0.270 e. The van der Waals surface area contributed by atoms with Gasteiger partial charge in [0.25, 0.3) is 5.69 Å². The van der Waals surface area contributed by atoms with E-state index in [-0.39, 0.29) is 5.69 Å². The normalized spacial score (nSPS) is 13.8. The van der Waals surface area contributed by atoms with Crippen LogP contribution in [-0.2, 0) is 12.8 Å². The Morgan fingerprint density at radius 2 is 2.10 bits per heavy atom. The van der Waals surface area contributed by atoms with Gasteiger partial charge in [-0.2, -0.15) is 0 Å². The number of hydrogen-bond acceptors (Lipinski definition) is 5. The van der Waals surface area contributed by atoms with Crippen LogP contribution in [0.25, 0.3) is 11.5 Å². The summed E-state index contributed by atoms with van der Waals surface area (Å²) < 4.78 is 6.35. The SMILES string of the molecule is O=[N+]([O-])c1cccc(-c2nc(=S)c3c(o2)CCCC3)c1. The van der Waals surface area contributed by atoms with Crippen LogP contribution in [0.15, 0.2) is 28.7 Å². The second-order valence-corrected chi connectivity index (χ2v) is 5.13.